The molecule has 0 aliphatic heterocycles. The van der Waals surface area contributed by atoms with E-state index in [0.29, 0.717) is 11.6 Å². The average molecular weight is 313 g/mol. The first-order valence-electron chi connectivity index (χ1n) is 5.35. The van der Waals surface area contributed by atoms with Crippen molar-refractivity contribution >= 4 is 39.1 Å². The van der Waals surface area contributed by atoms with E-state index < -0.39 is 11.7 Å². The van der Waals surface area contributed by atoms with Crippen molar-refractivity contribution < 1.29 is 9.53 Å². The van der Waals surface area contributed by atoms with Crippen LogP contribution in [0.4, 0.5) is 10.7 Å². The molecular weight excluding hydrogens is 300 g/mol. The molecule has 2 aromatic heterocycles. The first-order valence-corrected chi connectivity index (χ1v) is 6.14. The Bertz CT molecular complexity index is 588. The summed E-state index contributed by atoms with van der Waals surface area (Å²) in [4.78, 5) is 22.7. The van der Waals surface area contributed by atoms with Crippen molar-refractivity contribution in [1.82, 2.24) is 15.0 Å². The van der Waals surface area contributed by atoms with Crippen LogP contribution < -0.4 is 5.32 Å². The molecule has 1 amide bonds. The van der Waals surface area contributed by atoms with Crippen LogP contribution in [0.2, 0.25) is 0 Å². The zero-order valence-electron chi connectivity index (χ0n) is 10.2. The normalized spacial score (nSPS) is 11.6. The highest BCUT2D eigenvalue weighted by atomic mass is 79.9. The largest absolute Gasteiger partial charge is 0.444 e. The molecule has 0 aromatic carbocycles. The molecule has 2 aromatic rings. The third-order valence-corrected chi connectivity index (χ3v) is 2.36. The van der Waals surface area contributed by atoms with E-state index >= 15 is 0 Å². The highest BCUT2D eigenvalue weighted by Gasteiger charge is 2.17. The number of anilines is 1. The number of halogens is 1. The van der Waals surface area contributed by atoms with Gasteiger partial charge in [0.15, 0.2) is 5.65 Å². The van der Waals surface area contributed by atoms with Crippen molar-refractivity contribution in [2.75, 3.05) is 5.32 Å². The number of carbonyl (C=O) groups is 1. The smallest absolute Gasteiger partial charge is 0.414 e. The van der Waals surface area contributed by atoms with Crippen LogP contribution in [-0.2, 0) is 4.74 Å². The Morgan fingerprint density at radius 2 is 2.22 bits per heavy atom. The van der Waals surface area contributed by atoms with Crippen molar-refractivity contribution in [1.29, 1.82) is 0 Å². The fourth-order valence-electron chi connectivity index (χ4n) is 1.33. The molecule has 0 fully saturated rings. The number of nitrogens with zero attached hydrogens (tertiary/aromatic N) is 2. The first-order chi connectivity index (χ1) is 8.33. The number of aromatic amines is 1. The SMILES string of the molecule is CC(C)(C)OC(=O)Nc1nc2ncc(Br)cc2[nH]1. The van der Waals surface area contributed by atoms with Crippen LogP contribution in [-0.4, -0.2) is 26.6 Å². The van der Waals surface area contributed by atoms with Gasteiger partial charge in [-0.1, -0.05) is 0 Å². The van der Waals surface area contributed by atoms with E-state index in [-0.39, 0.29) is 0 Å². The molecular formula is C11H13BrN4O2. The van der Waals surface area contributed by atoms with Gasteiger partial charge in [-0.2, -0.15) is 4.98 Å². The third-order valence-electron chi connectivity index (χ3n) is 1.92. The molecule has 2 N–H and O–H groups in total. The minimum absolute atomic E-state index is 0.310. The van der Waals surface area contributed by atoms with Gasteiger partial charge in [0, 0.05) is 10.7 Å². The van der Waals surface area contributed by atoms with Crippen molar-refractivity contribution in [3.63, 3.8) is 0 Å². The molecule has 2 heterocycles. The predicted octanol–water partition coefficient (Wildman–Crippen LogP) is 3.07. The number of hydrogen-bond acceptors (Lipinski definition) is 4. The van der Waals surface area contributed by atoms with Crippen LogP contribution in [0.1, 0.15) is 20.8 Å². The van der Waals surface area contributed by atoms with Crippen molar-refractivity contribution in [2.24, 2.45) is 0 Å². The molecule has 0 aliphatic carbocycles. The maximum atomic E-state index is 11.5. The molecule has 0 radical (unpaired) electrons. The van der Waals surface area contributed by atoms with Gasteiger partial charge in [-0.15, -0.1) is 0 Å². The second-order valence-corrected chi connectivity index (χ2v) is 5.65. The summed E-state index contributed by atoms with van der Waals surface area (Å²) in [7, 11) is 0. The number of carbonyl (C=O) groups excluding carboxylic acids is 1. The van der Waals surface area contributed by atoms with Gasteiger partial charge in [-0.25, -0.2) is 9.78 Å². The van der Waals surface area contributed by atoms with Crippen LogP contribution >= 0.6 is 15.9 Å². The maximum Gasteiger partial charge on any atom is 0.414 e. The van der Waals surface area contributed by atoms with E-state index in [1.165, 1.54) is 0 Å². The summed E-state index contributed by atoms with van der Waals surface area (Å²) in [5.74, 6) is 0.310. The van der Waals surface area contributed by atoms with Gasteiger partial charge >= 0.3 is 6.09 Å². The highest BCUT2D eigenvalue weighted by molar-refractivity contribution is 9.10. The molecule has 7 heteroatoms. The van der Waals surface area contributed by atoms with Crippen LogP contribution in [0.5, 0.6) is 0 Å². The lowest BCUT2D eigenvalue weighted by Crippen LogP contribution is -2.27. The minimum Gasteiger partial charge on any atom is -0.444 e. The number of H-pyrrole nitrogens is 1. The summed E-state index contributed by atoms with van der Waals surface area (Å²) in [6.45, 7) is 5.39. The Labute approximate surface area is 112 Å². The molecule has 96 valence electrons. The zero-order chi connectivity index (χ0) is 13.3. The van der Waals surface area contributed by atoms with Crippen LogP contribution in [0.3, 0.4) is 0 Å². The summed E-state index contributed by atoms with van der Waals surface area (Å²) in [5.41, 5.74) is 0.719. The molecule has 0 aliphatic rings. The van der Waals surface area contributed by atoms with Gasteiger partial charge < -0.3 is 9.72 Å². The highest BCUT2D eigenvalue weighted by Crippen LogP contribution is 2.17. The maximum absolute atomic E-state index is 11.5. The lowest BCUT2D eigenvalue weighted by atomic mass is 10.2. The molecule has 0 bridgehead atoms. The Morgan fingerprint density at radius 1 is 1.50 bits per heavy atom. The molecule has 0 atom stereocenters. The van der Waals surface area contributed by atoms with Crippen molar-refractivity contribution in [2.45, 2.75) is 26.4 Å². The minimum atomic E-state index is -0.555. The lowest BCUT2D eigenvalue weighted by molar-refractivity contribution is 0.0635. The number of rotatable bonds is 1. The number of nitrogens with one attached hydrogen (secondary N) is 2. The second kappa shape index (κ2) is 4.56. The van der Waals surface area contributed by atoms with Crippen LogP contribution in [0, 0.1) is 0 Å². The Morgan fingerprint density at radius 3 is 2.89 bits per heavy atom. The number of pyridine rings is 1. The van der Waals surface area contributed by atoms with Gasteiger partial charge in [0.05, 0.1) is 5.52 Å². The number of hydrogen-bond donors (Lipinski definition) is 2. The Hall–Kier alpha value is -1.63. The number of aromatic nitrogens is 3. The van der Waals surface area contributed by atoms with E-state index in [4.69, 9.17) is 4.74 Å². The summed E-state index contributed by atoms with van der Waals surface area (Å²) < 4.78 is 5.96. The van der Waals surface area contributed by atoms with Crippen LogP contribution in [0.25, 0.3) is 11.2 Å². The molecule has 0 saturated carbocycles. The summed E-state index contributed by atoms with van der Waals surface area (Å²) in [5, 5.41) is 2.52. The predicted molar refractivity (Wildman–Crippen MR) is 71.4 cm³/mol. The monoisotopic (exact) mass is 312 g/mol. The van der Waals surface area contributed by atoms with Gasteiger partial charge in [-0.3, -0.25) is 5.32 Å². The quantitative estimate of drug-likeness (QED) is 0.848. The standard InChI is InChI=1S/C11H13BrN4O2/c1-11(2,3)18-10(17)16-9-14-7-4-6(12)5-13-8(7)15-9/h4-5H,1-3H3,(H2,13,14,15,16,17). The Balaban J connectivity index is 2.15. The van der Waals surface area contributed by atoms with E-state index in [1.54, 1.807) is 27.0 Å². The van der Waals surface area contributed by atoms with E-state index in [2.05, 4.69) is 36.2 Å². The van der Waals surface area contributed by atoms with Crippen LogP contribution in [0.15, 0.2) is 16.7 Å². The average Bonchev–Trinajstić information content (AvgIpc) is 2.55. The van der Waals surface area contributed by atoms with Gasteiger partial charge in [0.1, 0.15) is 5.60 Å². The summed E-state index contributed by atoms with van der Waals surface area (Å²) in [6, 6.07) is 1.83. The molecule has 0 unspecified atom stereocenters. The first kappa shape index (κ1) is 12.8. The Kier molecular flexibility index (Phi) is 3.25. The summed E-state index contributed by atoms with van der Waals surface area (Å²) >= 11 is 3.31. The zero-order valence-corrected chi connectivity index (χ0v) is 11.8. The molecule has 18 heavy (non-hydrogen) atoms. The fraction of sp³-hybridized carbons (Fsp3) is 0.364. The number of ether oxygens (including phenoxy) is 1. The molecule has 0 saturated heterocycles. The van der Waals surface area contributed by atoms with Gasteiger partial charge in [0.2, 0.25) is 5.95 Å². The second-order valence-electron chi connectivity index (χ2n) is 4.74. The topological polar surface area (TPSA) is 79.9 Å². The van der Waals surface area contributed by atoms with Gasteiger partial charge in [-0.05, 0) is 42.8 Å². The van der Waals surface area contributed by atoms with E-state index in [9.17, 15) is 4.79 Å². The number of imidazole rings is 1. The van der Waals surface area contributed by atoms with E-state index in [1.807, 2.05) is 6.07 Å². The van der Waals surface area contributed by atoms with E-state index in [0.717, 1.165) is 9.99 Å². The van der Waals surface area contributed by atoms with Gasteiger partial charge in [0.25, 0.3) is 0 Å². The number of fused-ring (bicyclic) bond motifs is 1. The molecule has 2 rings (SSSR count). The summed E-state index contributed by atoms with van der Waals surface area (Å²) in [6.07, 6.45) is 1.08. The van der Waals surface area contributed by atoms with Crippen molar-refractivity contribution in [3.8, 4) is 0 Å². The third kappa shape index (κ3) is 3.19. The lowest BCUT2D eigenvalue weighted by Gasteiger charge is -2.18. The number of amides is 1. The molecule has 0 spiro atoms. The fourth-order valence-corrected chi connectivity index (χ4v) is 1.67. The van der Waals surface area contributed by atoms with Crippen molar-refractivity contribution in [3.05, 3.63) is 16.7 Å². The molecule has 6 nitrogen and oxygen atoms in total.